The third-order valence-corrected chi connectivity index (χ3v) is 6.91. The molecule has 1 fully saturated rings. The maximum atomic E-state index is 13.5. The van der Waals surface area contributed by atoms with Crippen molar-refractivity contribution in [3.63, 3.8) is 0 Å². The van der Waals surface area contributed by atoms with Crippen LogP contribution in [0.25, 0.3) is 0 Å². The number of ether oxygens (including phenoxy) is 4. The zero-order chi connectivity index (χ0) is 29.3. The summed E-state index contributed by atoms with van der Waals surface area (Å²) in [6.45, 7) is 5.29. The zero-order valence-electron chi connectivity index (χ0n) is 24.0. The number of amides is 1. The molecule has 0 aliphatic carbocycles. The minimum absolute atomic E-state index is 0.0975. The van der Waals surface area contributed by atoms with E-state index in [0.29, 0.717) is 6.61 Å². The first kappa shape index (κ1) is 30.7. The molecule has 0 aromatic heterocycles. The van der Waals surface area contributed by atoms with Crippen LogP contribution in [0.5, 0.6) is 0 Å². The molecule has 8 heteroatoms. The van der Waals surface area contributed by atoms with Crippen molar-refractivity contribution in [2.24, 2.45) is 0 Å². The third kappa shape index (κ3) is 8.61. The summed E-state index contributed by atoms with van der Waals surface area (Å²) in [6.07, 6.45) is -2.46. The lowest BCUT2D eigenvalue weighted by Crippen LogP contribution is -2.72. The highest BCUT2D eigenvalue weighted by Gasteiger charge is 2.55. The molecule has 0 unspecified atom stereocenters. The number of rotatable bonds is 11. The molecule has 4 atom stereocenters. The van der Waals surface area contributed by atoms with E-state index in [2.05, 4.69) is 0 Å². The summed E-state index contributed by atoms with van der Waals surface area (Å²) in [5.74, 6) is 0. The van der Waals surface area contributed by atoms with E-state index < -0.39 is 42.2 Å². The van der Waals surface area contributed by atoms with Crippen molar-refractivity contribution < 1.29 is 34.0 Å². The molecule has 3 aromatic rings. The van der Waals surface area contributed by atoms with Crippen molar-refractivity contribution in [1.29, 1.82) is 0 Å². The molecule has 2 N–H and O–H groups in total. The van der Waals surface area contributed by atoms with Crippen molar-refractivity contribution in [2.45, 2.75) is 70.0 Å². The maximum Gasteiger partial charge on any atom is 0.410 e. The molecule has 1 amide bonds. The Kier molecular flexibility index (Phi) is 10.5. The fourth-order valence-electron chi connectivity index (χ4n) is 4.88. The van der Waals surface area contributed by atoms with E-state index in [1.807, 2.05) is 91.0 Å². The van der Waals surface area contributed by atoms with Crippen molar-refractivity contribution in [2.75, 3.05) is 19.8 Å². The molecule has 8 nitrogen and oxygen atoms in total. The molecule has 0 saturated carbocycles. The molecule has 1 aliphatic rings. The average molecular weight is 564 g/mol. The number of piperidine rings is 1. The average Bonchev–Trinajstić information content (AvgIpc) is 2.97. The first-order chi connectivity index (χ1) is 19.7. The van der Waals surface area contributed by atoms with Gasteiger partial charge in [-0.15, -0.1) is 0 Å². The number of benzene rings is 3. The molecule has 1 saturated heterocycles. The van der Waals surface area contributed by atoms with Gasteiger partial charge in [-0.1, -0.05) is 91.0 Å². The summed E-state index contributed by atoms with van der Waals surface area (Å²) < 4.78 is 24.7. The molecule has 4 rings (SSSR count). The number of carbonyl (C=O) groups is 1. The Morgan fingerprint density at radius 3 is 1.80 bits per heavy atom. The van der Waals surface area contributed by atoms with Crippen LogP contribution in [0.2, 0.25) is 0 Å². The molecule has 41 heavy (non-hydrogen) atoms. The predicted octanol–water partition coefficient (Wildman–Crippen LogP) is 4.72. The Hall–Kier alpha value is -3.27. The Morgan fingerprint density at radius 2 is 1.32 bits per heavy atom. The summed E-state index contributed by atoms with van der Waals surface area (Å²) in [7, 11) is 0. The highest BCUT2D eigenvalue weighted by molar-refractivity contribution is 5.69. The van der Waals surface area contributed by atoms with E-state index in [1.54, 1.807) is 20.8 Å². The summed E-state index contributed by atoms with van der Waals surface area (Å²) in [4.78, 5) is 14.9. The van der Waals surface area contributed by atoms with Gasteiger partial charge in [-0.3, -0.25) is 4.90 Å². The lowest BCUT2D eigenvalue weighted by Gasteiger charge is -2.51. The van der Waals surface area contributed by atoms with Crippen molar-refractivity contribution in [3.8, 4) is 0 Å². The van der Waals surface area contributed by atoms with E-state index in [9.17, 15) is 15.0 Å². The number of aliphatic hydroxyl groups is 2. The van der Waals surface area contributed by atoms with Gasteiger partial charge in [0.25, 0.3) is 0 Å². The number of hydrogen-bond donors (Lipinski definition) is 2. The van der Waals surface area contributed by atoms with Crippen LogP contribution in [0.1, 0.15) is 37.5 Å². The van der Waals surface area contributed by atoms with Crippen LogP contribution in [-0.2, 0) is 38.8 Å². The lowest BCUT2D eigenvalue weighted by atomic mass is 9.83. The fourth-order valence-corrected chi connectivity index (χ4v) is 4.88. The quantitative estimate of drug-likeness (QED) is 0.349. The van der Waals surface area contributed by atoms with Gasteiger partial charge in [-0.05, 0) is 37.5 Å². The second-order valence-electron chi connectivity index (χ2n) is 11.4. The third-order valence-electron chi connectivity index (χ3n) is 6.91. The Labute approximate surface area is 242 Å². The second-order valence-corrected chi connectivity index (χ2v) is 11.4. The van der Waals surface area contributed by atoms with Gasteiger partial charge in [-0.25, -0.2) is 4.79 Å². The summed E-state index contributed by atoms with van der Waals surface area (Å²) in [5.41, 5.74) is 0.215. The van der Waals surface area contributed by atoms with Crippen LogP contribution in [-0.4, -0.2) is 70.4 Å². The standard InChI is InChI=1S/C33H41NO7/c1-32(2,3)41-31(36)34-23-33(37,24-35)30(40-21-27-17-11-6-12-18-27)29(39-20-26-15-9-5-10-16-26)28(34)22-38-19-25-13-7-4-8-14-25/h4-18,28-30,35,37H,19-24H2,1-3H3/t28-,29+,30-,33-/m0/s1. The van der Waals surface area contributed by atoms with Gasteiger partial charge in [0.1, 0.15) is 23.4 Å². The van der Waals surface area contributed by atoms with Crippen LogP contribution in [0.3, 0.4) is 0 Å². The van der Waals surface area contributed by atoms with Gasteiger partial charge < -0.3 is 29.2 Å². The van der Waals surface area contributed by atoms with Gasteiger partial charge in [0, 0.05) is 0 Å². The molecular formula is C33H41NO7. The Balaban J connectivity index is 1.66. The molecule has 220 valence electrons. The van der Waals surface area contributed by atoms with Crippen molar-refractivity contribution in [3.05, 3.63) is 108 Å². The first-order valence-electron chi connectivity index (χ1n) is 13.9. The van der Waals surface area contributed by atoms with Gasteiger partial charge in [0.15, 0.2) is 0 Å². The minimum Gasteiger partial charge on any atom is -0.444 e. The minimum atomic E-state index is -1.82. The number of hydrogen-bond acceptors (Lipinski definition) is 7. The first-order valence-corrected chi connectivity index (χ1v) is 13.9. The van der Waals surface area contributed by atoms with Crippen molar-refractivity contribution in [1.82, 2.24) is 4.90 Å². The maximum absolute atomic E-state index is 13.5. The predicted molar refractivity (Wildman–Crippen MR) is 155 cm³/mol. The molecule has 1 aliphatic heterocycles. The number of likely N-dealkylation sites (tertiary alicyclic amines) is 1. The number of carbonyl (C=O) groups excluding carboxylic acids is 1. The van der Waals surface area contributed by atoms with Gasteiger partial charge in [-0.2, -0.15) is 0 Å². The zero-order valence-corrected chi connectivity index (χ0v) is 24.0. The normalized spacial score (nSPS) is 22.9. The van der Waals surface area contributed by atoms with Crippen LogP contribution in [0.15, 0.2) is 91.0 Å². The van der Waals surface area contributed by atoms with Crippen LogP contribution >= 0.6 is 0 Å². The Bertz CT molecular complexity index is 1200. The molecule has 0 bridgehead atoms. The van der Waals surface area contributed by atoms with Crippen molar-refractivity contribution >= 4 is 6.09 Å². The molecular weight excluding hydrogens is 522 g/mol. The smallest absolute Gasteiger partial charge is 0.410 e. The Morgan fingerprint density at radius 1 is 0.829 bits per heavy atom. The van der Waals surface area contributed by atoms with Crippen LogP contribution in [0.4, 0.5) is 4.79 Å². The SMILES string of the molecule is CC(C)(C)OC(=O)N1C[C@](O)(CO)[C@@H](OCc2ccccc2)[C@H](OCc2ccccc2)[C@@H]1COCc1ccccc1. The summed E-state index contributed by atoms with van der Waals surface area (Å²) in [5, 5.41) is 22.2. The van der Waals surface area contributed by atoms with Crippen LogP contribution in [0, 0.1) is 0 Å². The topological polar surface area (TPSA) is 97.7 Å². The highest BCUT2D eigenvalue weighted by Crippen LogP contribution is 2.34. The van der Waals surface area contributed by atoms with Gasteiger partial charge >= 0.3 is 6.09 Å². The molecule has 0 radical (unpaired) electrons. The second kappa shape index (κ2) is 14.1. The largest absolute Gasteiger partial charge is 0.444 e. The summed E-state index contributed by atoms with van der Waals surface area (Å²) >= 11 is 0. The van der Waals surface area contributed by atoms with E-state index in [0.717, 1.165) is 16.7 Å². The van der Waals surface area contributed by atoms with E-state index in [-0.39, 0.29) is 26.4 Å². The van der Waals surface area contributed by atoms with Crippen LogP contribution < -0.4 is 0 Å². The van der Waals surface area contributed by atoms with Gasteiger partial charge in [0.05, 0.1) is 45.6 Å². The molecule has 3 aromatic carbocycles. The van der Waals surface area contributed by atoms with E-state index in [4.69, 9.17) is 18.9 Å². The van der Waals surface area contributed by atoms with Gasteiger partial charge in [0.2, 0.25) is 0 Å². The summed E-state index contributed by atoms with van der Waals surface area (Å²) in [6, 6.07) is 28.3. The van der Waals surface area contributed by atoms with E-state index in [1.165, 1.54) is 4.90 Å². The van der Waals surface area contributed by atoms with E-state index >= 15 is 0 Å². The monoisotopic (exact) mass is 563 g/mol. The fraction of sp³-hybridized carbons (Fsp3) is 0.424. The number of β-amino-alcohol motifs (C(OH)–C–C–N with tert-alkyl or cyclic N) is 1. The number of aliphatic hydroxyl groups excluding tert-OH is 1. The number of nitrogens with zero attached hydrogens (tertiary/aromatic N) is 1. The lowest BCUT2D eigenvalue weighted by molar-refractivity contribution is -0.240. The highest BCUT2D eigenvalue weighted by atomic mass is 16.6. The molecule has 0 spiro atoms. The molecule has 1 heterocycles.